The van der Waals surface area contributed by atoms with Crippen LogP contribution in [0.3, 0.4) is 0 Å². The fourth-order valence-corrected chi connectivity index (χ4v) is 3.30. The minimum Gasteiger partial charge on any atom is -0.300 e. The van der Waals surface area contributed by atoms with Crippen molar-refractivity contribution in [2.45, 2.75) is 58.4 Å². The van der Waals surface area contributed by atoms with Crippen LogP contribution in [-0.2, 0) is 12.8 Å². The van der Waals surface area contributed by atoms with E-state index in [2.05, 4.69) is 29.2 Å². The smallest absolute Gasteiger partial charge is 0.0136 e. The van der Waals surface area contributed by atoms with Crippen molar-refractivity contribution in [1.82, 2.24) is 4.90 Å². The maximum atomic E-state index is 2.72. The van der Waals surface area contributed by atoms with Crippen LogP contribution in [0.2, 0.25) is 0 Å². The van der Waals surface area contributed by atoms with Crippen molar-refractivity contribution < 1.29 is 0 Å². The monoisotopic (exact) mass is 245 g/mol. The molecule has 0 spiro atoms. The van der Waals surface area contributed by atoms with Crippen LogP contribution in [0.15, 0.2) is 24.3 Å². The van der Waals surface area contributed by atoms with Crippen LogP contribution in [0.1, 0.15) is 50.7 Å². The molecule has 0 saturated carbocycles. The number of likely N-dealkylation sites (tertiary alicyclic amines) is 1. The second-order valence-corrected chi connectivity index (χ2v) is 5.26. The Kier molecular flexibility index (Phi) is 5.25. The van der Waals surface area contributed by atoms with Gasteiger partial charge in [-0.25, -0.2) is 0 Å². The fraction of sp³-hybridized carbons (Fsp3) is 0.647. The van der Waals surface area contributed by atoms with Crippen molar-refractivity contribution in [1.29, 1.82) is 0 Å². The van der Waals surface area contributed by atoms with Gasteiger partial charge in [-0.15, -0.1) is 0 Å². The molecule has 1 atom stereocenters. The summed E-state index contributed by atoms with van der Waals surface area (Å²) in [5.41, 5.74) is 3.21. The zero-order valence-corrected chi connectivity index (χ0v) is 12.0. The predicted molar refractivity (Wildman–Crippen MR) is 79.0 cm³/mol. The van der Waals surface area contributed by atoms with E-state index in [4.69, 9.17) is 0 Å². The minimum absolute atomic E-state index is 0.825. The Bertz CT molecular complexity index is 352. The van der Waals surface area contributed by atoms with Crippen molar-refractivity contribution >= 4 is 0 Å². The molecule has 100 valence electrons. The number of aryl methyl sites for hydroxylation is 1. The van der Waals surface area contributed by atoms with Crippen molar-refractivity contribution in [3.8, 4) is 0 Å². The van der Waals surface area contributed by atoms with Crippen LogP contribution >= 0.6 is 0 Å². The third kappa shape index (κ3) is 3.14. The number of hydrogen-bond donors (Lipinski definition) is 0. The molecule has 0 aromatic heterocycles. The zero-order chi connectivity index (χ0) is 12.8. The molecule has 1 fully saturated rings. The highest BCUT2D eigenvalue weighted by Crippen LogP contribution is 2.25. The summed E-state index contributed by atoms with van der Waals surface area (Å²) in [6.07, 6.45) is 8.18. The van der Waals surface area contributed by atoms with Crippen LogP contribution in [0.4, 0.5) is 0 Å². The number of benzene rings is 1. The summed E-state index contributed by atoms with van der Waals surface area (Å²) in [6.45, 7) is 6.68. The van der Waals surface area contributed by atoms with Crippen LogP contribution in [-0.4, -0.2) is 24.0 Å². The van der Waals surface area contributed by atoms with E-state index in [-0.39, 0.29) is 0 Å². The summed E-state index contributed by atoms with van der Waals surface area (Å²) < 4.78 is 0. The highest BCUT2D eigenvalue weighted by atomic mass is 15.2. The molecule has 1 aliphatic carbocycles. The molecule has 1 heteroatoms. The molecule has 3 rings (SSSR count). The highest BCUT2D eigenvalue weighted by Gasteiger charge is 2.24. The first kappa shape index (κ1) is 13.6. The van der Waals surface area contributed by atoms with E-state index in [1.807, 2.05) is 13.8 Å². The van der Waals surface area contributed by atoms with Gasteiger partial charge in [-0.05, 0) is 62.7 Å². The molecule has 1 heterocycles. The molecule has 0 unspecified atom stereocenters. The summed E-state index contributed by atoms with van der Waals surface area (Å²) in [5, 5.41) is 0. The predicted octanol–water partition coefficient (Wildman–Crippen LogP) is 4.06. The van der Waals surface area contributed by atoms with Crippen LogP contribution in [0.25, 0.3) is 0 Å². The normalized spacial score (nSPS) is 23.8. The Hall–Kier alpha value is -0.820. The zero-order valence-electron chi connectivity index (χ0n) is 12.0. The maximum Gasteiger partial charge on any atom is 0.0136 e. The van der Waals surface area contributed by atoms with Gasteiger partial charge in [0.25, 0.3) is 0 Å². The van der Waals surface area contributed by atoms with Gasteiger partial charge in [0.2, 0.25) is 0 Å². The second-order valence-electron chi connectivity index (χ2n) is 5.26. The topological polar surface area (TPSA) is 3.24 Å². The maximum absolute atomic E-state index is 2.72. The third-order valence-electron chi connectivity index (χ3n) is 4.21. The summed E-state index contributed by atoms with van der Waals surface area (Å²) in [7, 11) is 0. The lowest BCUT2D eigenvalue weighted by Gasteiger charge is -2.26. The quantitative estimate of drug-likeness (QED) is 0.675. The summed E-state index contributed by atoms with van der Waals surface area (Å²) in [6, 6.07) is 9.87. The number of nitrogens with zero attached hydrogens (tertiary/aromatic N) is 1. The standard InChI is InChI=1S/C15H21N.C2H6/c1-2-7-14-12-15(16-10-3-4-11-16)9-5-8-13(14)6-1;1-2/h1-2,6-7,15H,3-5,8-12H2;1-2H3/t15-;/m0./s1. The Morgan fingerprint density at radius 3 is 2.33 bits per heavy atom. The SMILES string of the molecule is CC.c1ccc2c(c1)CCC[C@H](N1CCCC1)C2. The van der Waals surface area contributed by atoms with Gasteiger partial charge in [0.05, 0.1) is 0 Å². The molecular weight excluding hydrogens is 218 g/mol. The molecule has 0 N–H and O–H groups in total. The lowest BCUT2D eigenvalue weighted by molar-refractivity contribution is 0.229. The van der Waals surface area contributed by atoms with E-state index in [1.165, 1.54) is 51.6 Å². The number of fused-ring (bicyclic) bond motifs is 1. The van der Waals surface area contributed by atoms with Crippen molar-refractivity contribution in [2.75, 3.05) is 13.1 Å². The van der Waals surface area contributed by atoms with E-state index in [1.54, 1.807) is 11.1 Å². The molecule has 0 bridgehead atoms. The Morgan fingerprint density at radius 1 is 0.944 bits per heavy atom. The average molecular weight is 245 g/mol. The highest BCUT2D eigenvalue weighted by molar-refractivity contribution is 5.29. The first-order valence-electron chi connectivity index (χ1n) is 7.74. The van der Waals surface area contributed by atoms with Gasteiger partial charge >= 0.3 is 0 Å². The van der Waals surface area contributed by atoms with Gasteiger partial charge in [0.15, 0.2) is 0 Å². The Labute approximate surface area is 112 Å². The summed E-state index contributed by atoms with van der Waals surface area (Å²) >= 11 is 0. The molecule has 1 aliphatic heterocycles. The molecule has 1 aromatic carbocycles. The minimum atomic E-state index is 0.825. The van der Waals surface area contributed by atoms with Crippen molar-refractivity contribution in [3.63, 3.8) is 0 Å². The van der Waals surface area contributed by atoms with Gasteiger partial charge in [0.1, 0.15) is 0 Å². The van der Waals surface area contributed by atoms with Gasteiger partial charge in [-0.2, -0.15) is 0 Å². The van der Waals surface area contributed by atoms with E-state index in [9.17, 15) is 0 Å². The van der Waals surface area contributed by atoms with E-state index in [0.29, 0.717) is 0 Å². The largest absolute Gasteiger partial charge is 0.300 e. The second kappa shape index (κ2) is 6.94. The number of hydrogen-bond acceptors (Lipinski definition) is 1. The van der Waals surface area contributed by atoms with Gasteiger partial charge in [-0.1, -0.05) is 38.1 Å². The molecule has 0 amide bonds. The third-order valence-corrected chi connectivity index (χ3v) is 4.21. The van der Waals surface area contributed by atoms with Crippen LogP contribution in [0.5, 0.6) is 0 Å². The van der Waals surface area contributed by atoms with Gasteiger partial charge < -0.3 is 4.90 Å². The van der Waals surface area contributed by atoms with Gasteiger partial charge in [0, 0.05) is 6.04 Å². The molecule has 2 aliphatic rings. The van der Waals surface area contributed by atoms with Gasteiger partial charge in [-0.3, -0.25) is 0 Å². The van der Waals surface area contributed by atoms with Crippen molar-refractivity contribution in [2.24, 2.45) is 0 Å². The lowest BCUT2D eigenvalue weighted by Crippen LogP contribution is -2.33. The van der Waals surface area contributed by atoms with E-state index in [0.717, 1.165) is 6.04 Å². The van der Waals surface area contributed by atoms with Crippen molar-refractivity contribution in [3.05, 3.63) is 35.4 Å². The Morgan fingerprint density at radius 2 is 1.61 bits per heavy atom. The van der Waals surface area contributed by atoms with E-state index >= 15 is 0 Å². The first-order valence-corrected chi connectivity index (χ1v) is 7.74. The fourth-order valence-electron chi connectivity index (χ4n) is 3.30. The molecular formula is C17H27N. The summed E-state index contributed by atoms with van der Waals surface area (Å²) in [4.78, 5) is 2.72. The number of rotatable bonds is 1. The van der Waals surface area contributed by atoms with Crippen LogP contribution < -0.4 is 0 Å². The van der Waals surface area contributed by atoms with E-state index < -0.39 is 0 Å². The van der Waals surface area contributed by atoms with Crippen LogP contribution in [0, 0.1) is 0 Å². The molecule has 1 aromatic rings. The molecule has 0 radical (unpaired) electrons. The lowest BCUT2D eigenvalue weighted by atomic mass is 10.0. The summed E-state index contributed by atoms with van der Waals surface area (Å²) in [5.74, 6) is 0. The Balaban J connectivity index is 0.000000574. The first-order chi connectivity index (χ1) is 8.93. The molecule has 1 saturated heterocycles. The average Bonchev–Trinajstić information content (AvgIpc) is 2.87. The molecule has 18 heavy (non-hydrogen) atoms. The molecule has 1 nitrogen and oxygen atoms in total.